The van der Waals surface area contributed by atoms with Gasteiger partial charge in [0.05, 0.1) is 15.9 Å². The number of alkyl halides is 3. The Hall–Kier alpha value is -1.91. The summed E-state index contributed by atoms with van der Waals surface area (Å²) in [5, 5.41) is 22.6. The Balaban J connectivity index is 1.78. The molecule has 10 heteroatoms. The van der Waals surface area contributed by atoms with E-state index in [1.54, 1.807) is 0 Å². The van der Waals surface area contributed by atoms with Crippen molar-refractivity contribution >= 4 is 17.2 Å². The maximum atomic E-state index is 12.8. The van der Waals surface area contributed by atoms with E-state index in [-0.39, 0.29) is 36.2 Å². The van der Waals surface area contributed by atoms with E-state index in [1.165, 1.54) is 24.0 Å². The van der Waals surface area contributed by atoms with E-state index in [0.717, 1.165) is 11.3 Å². The van der Waals surface area contributed by atoms with Crippen molar-refractivity contribution in [3.05, 3.63) is 28.3 Å². The van der Waals surface area contributed by atoms with Gasteiger partial charge in [-0.1, -0.05) is 5.16 Å². The molecule has 3 heterocycles. The van der Waals surface area contributed by atoms with E-state index in [4.69, 9.17) is 5.11 Å². The first kappa shape index (κ1) is 18.9. The molecule has 0 bridgehead atoms. The van der Waals surface area contributed by atoms with Gasteiger partial charge in [-0.2, -0.15) is 13.2 Å². The normalized spacial score (nSPS) is 21.2. The lowest BCUT2D eigenvalue weighted by Crippen LogP contribution is -2.47. The van der Waals surface area contributed by atoms with Crippen LogP contribution in [0.25, 0.3) is 10.6 Å². The SMILES string of the molecule is Cc1c(-c2ccc(C(=O)N3CC[C@@H](CO)[C@@H](O)C3)s2)noc1C(F)(F)F. The number of aliphatic hydroxyl groups excluding tert-OH is 2. The van der Waals surface area contributed by atoms with Gasteiger partial charge >= 0.3 is 6.18 Å². The summed E-state index contributed by atoms with van der Waals surface area (Å²) in [5.74, 6) is -1.71. The zero-order valence-electron chi connectivity index (χ0n) is 13.8. The Labute approximate surface area is 150 Å². The van der Waals surface area contributed by atoms with Crippen molar-refractivity contribution in [1.29, 1.82) is 0 Å². The van der Waals surface area contributed by atoms with Gasteiger partial charge in [-0.3, -0.25) is 4.79 Å². The van der Waals surface area contributed by atoms with E-state index in [2.05, 4.69) is 9.68 Å². The fraction of sp³-hybridized carbons (Fsp3) is 0.500. The number of hydrogen-bond donors (Lipinski definition) is 2. The highest BCUT2D eigenvalue weighted by Crippen LogP contribution is 2.38. The quantitative estimate of drug-likeness (QED) is 0.841. The lowest BCUT2D eigenvalue weighted by atomic mass is 9.95. The molecule has 2 aromatic heterocycles. The van der Waals surface area contributed by atoms with Crippen LogP contribution in [0.5, 0.6) is 0 Å². The fourth-order valence-corrected chi connectivity index (χ4v) is 3.96. The smallest absolute Gasteiger partial charge is 0.396 e. The lowest BCUT2D eigenvalue weighted by Gasteiger charge is -2.34. The van der Waals surface area contributed by atoms with Gasteiger partial charge in [0.1, 0.15) is 5.69 Å². The number of likely N-dealkylation sites (tertiary alicyclic amines) is 1. The average molecular weight is 390 g/mol. The van der Waals surface area contributed by atoms with Crippen molar-refractivity contribution in [2.45, 2.75) is 25.6 Å². The number of carbonyl (C=O) groups is 1. The first-order valence-corrected chi connectivity index (χ1v) is 8.76. The lowest BCUT2D eigenvalue weighted by molar-refractivity contribution is -0.156. The van der Waals surface area contributed by atoms with Crippen molar-refractivity contribution in [2.75, 3.05) is 19.7 Å². The molecule has 2 aromatic rings. The average Bonchev–Trinajstić information content (AvgIpc) is 3.20. The number of thiophene rings is 1. The molecular weight excluding hydrogens is 373 g/mol. The largest absolute Gasteiger partial charge is 0.452 e. The molecule has 0 radical (unpaired) electrons. The molecule has 3 rings (SSSR count). The van der Waals surface area contributed by atoms with Crippen molar-refractivity contribution in [1.82, 2.24) is 10.1 Å². The molecule has 0 unspecified atom stereocenters. The number of aliphatic hydroxyl groups is 2. The summed E-state index contributed by atoms with van der Waals surface area (Å²) in [5.41, 5.74) is -0.0714. The molecule has 0 saturated carbocycles. The Morgan fingerprint density at radius 3 is 2.77 bits per heavy atom. The molecule has 1 saturated heterocycles. The molecule has 1 aliphatic rings. The van der Waals surface area contributed by atoms with Crippen LogP contribution in [-0.2, 0) is 6.18 Å². The number of rotatable bonds is 3. The summed E-state index contributed by atoms with van der Waals surface area (Å²) in [7, 11) is 0. The molecule has 142 valence electrons. The van der Waals surface area contributed by atoms with Crippen LogP contribution < -0.4 is 0 Å². The molecular formula is C16H17F3N2O4S. The number of hydrogen-bond acceptors (Lipinski definition) is 6. The van der Waals surface area contributed by atoms with Crippen LogP contribution in [-0.4, -0.2) is 52.0 Å². The van der Waals surface area contributed by atoms with E-state index >= 15 is 0 Å². The van der Waals surface area contributed by atoms with Crippen LogP contribution in [0.1, 0.15) is 27.4 Å². The van der Waals surface area contributed by atoms with Crippen molar-refractivity contribution < 1.29 is 32.7 Å². The Bertz CT molecular complexity index is 802. The predicted octanol–water partition coefficient (Wildman–Crippen LogP) is 2.55. The topological polar surface area (TPSA) is 86.8 Å². The minimum absolute atomic E-state index is 0.0559. The van der Waals surface area contributed by atoms with Gasteiger partial charge in [0, 0.05) is 31.2 Å². The first-order chi connectivity index (χ1) is 12.2. The monoisotopic (exact) mass is 390 g/mol. The van der Waals surface area contributed by atoms with Gasteiger partial charge < -0.3 is 19.6 Å². The van der Waals surface area contributed by atoms with Crippen molar-refractivity contribution in [2.24, 2.45) is 5.92 Å². The van der Waals surface area contributed by atoms with Crippen LogP contribution in [0.3, 0.4) is 0 Å². The Kier molecular flexibility index (Phi) is 5.09. The summed E-state index contributed by atoms with van der Waals surface area (Å²) >= 11 is 1.02. The summed E-state index contributed by atoms with van der Waals surface area (Å²) < 4.78 is 42.9. The van der Waals surface area contributed by atoms with Crippen LogP contribution >= 0.6 is 11.3 Å². The highest BCUT2D eigenvalue weighted by Gasteiger charge is 2.39. The van der Waals surface area contributed by atoms with E-state index in [9.17, 15) is 23.1 Å². The summed E-state index contributed by atoms with van der Waals surface area (Å²) in [6, 6.07) is 3.05. The third-order valence-electron chi connectivity index (χ3n) is 4.47. The summed E-state index contributed by atoms with van der Waals surface area (Å²) in [6.45, 7) is 1.64. The zero-order valence-corrected chi connectivity index (χ0v) is 14.6. The number of piperidine rings is 1. The molecule has 1 aliphatic heterocycles. The second-order valence-electron chi connectivity index (χ2n) is 6.20. The second-order valence-corrected chi connectivity index (χ2v) is 7.28. The minimum Gasteiger partial charge on any atom is -0.396 e. The fourth-order valence-electron chi connectivity index (χ4n) is 2.94. The van der Waals surface area contributed by atoms with E-state index in [1.807, 2.05) is 0 Å². The third-order valence-corrected chi connectivity index (χ3v) is 5.55. The summed E-state index contributed by atoms with van der Waals surface area (Å²) in [6.07, 6.45) is -4.94. The summed E-state index contributed by atoms with van der Waals surface area (Å²) in [4.78, 5) is 14.8. The molecule has 2 atom stereocenters. The Morgan fingerprint density at radius 2 is 2.19 bits per heavy atom. The maximum absolute atomic E-state index is 12.8. The molecule has 0 aromatic carbocycles. The molecule has 6 nitrogen and oxygen atoms in total. The number of β-amino-alcohol motifs (C(OH)–C–C–N with tert-alkyl or cyclic N) is 1. The second kappa shape index (κ2) is 7.01. The van der Waals surface area contributed by atoms with Gasteiger partial charge in [-0.25, -0.2) is 0 Å². The first-order valence-electron chi connectivity index (χ1n) is 7.94. The molecule has 2 N–H and O–H groups in total. The van der Waals surface area contributed by atoms with Crippen molar-refractivity contribution in [3.8, 4) is 10.6 Å². The number of nitrogens with zero attached hydrogens (tertiary/aromatic N) is 2. The number of amides is 1. The van der Waals surface area contributed by atoms with Gasteiger partial charge in [0.15, 0.2) is 0 Å². The molecule has 0 spiro atoms. The zero-order chi connectivity index (χ0) is 19.1. The van der Waals surface area contributed by atoms with Crippen LogP contribution in [0, 0.1) is 12.8 Å². The van der Waals surface area contributed by atoms with E-state index < -0.39 is 18.0 Å². The number of aromatic nitrogens is 1. The highest BCUT2D eigenvalue weighted by atomic mass is 32.1. The minimum atomic E-state index is -4.63. The number of halogens is 3. The van der Waals surface area contributed by atoms with Crippen LogP contribution in [0.2, 0.25) is 0 Å². The molecule has 1 amide bonds. The molecule has 26 heavy (non-hydrogen) atoms. The standard InChI is InChI=1S/C16H17F3N2O4S/c1-8-13(20-25-14(8)16(17,18)19)11-2-3-12(26-11)15(24)21-5-4-9(7-22)10(23)6-21/h2-3,9-10,22-23H,4-7H2,1H3/t9-,10-/m0/s1. The van der Waals surface area contributed by atoms with Crippen molar-refractivity contribution in [3.63, 3.8) is 0 Å². The Morgan fingerprint density at radius 1 is 1.46 bits per heavy atom. The molecule has 1 fully saturated rings. The maximum Gasteiger partial charge on any atom is 0.452 e. The van der Waals surface area contributed by atoms with Gasteiger partial charge in [-0.15, -0.1) is 11.3 Å². The highest BCUT2D eigenvalue weighted by molar-refractivity contribution is 7.17. The molecule has 0 aliphatic carbocycles. The van der Waals surface area contributed by atoms with Gasteiger partial charge in [-0.05, 0) is 25.5 Å². The predicted molar refractivity (Wildman–Crippen MR) is 86.7 cm³/mol. The van der Waals surface area contributed by atoms with Gasteiger partial charge in [0.25, 0.3) is 5.91 Å². The van der Waals surface area contributed by atoms with E-state index in [0.29, 0.717) is 22.7 Å². The van der Waals surface area contributed by atoms with Crippen LogP contribution in [0.15, 0.2) is 16.7 Å². The van der Waals surface area contributed by atoms with Crippen LogP contribution in [0.4, 0.5) is 13.2 Å². The third kappa shape index (κ3) is 3.49. The van der Waals surface area contributed by atoms with Gasteiger partial charge in [0.2, 0.25) is 5.76 Å². The number of carbonyl (C=O) groups excluding carboxylic acids is 1.